The smallest absolute Gasteiger partial charge is 0.407 e. The van der Waals surface area contributed by atoms with Gasteiger partial charge in [-0.2, -0.15) is 0 Å². The molecule has 1 aliphatic rings. The first-order chi connectivity index (χ1) is 20.4. The van der Waals surface area contributed by atoms with Gasteiger partial charge >= 0.3 is 6.09 Å². The van der Waals surface area contributed by atoms with Gasteiger partial charge in [-0.15, -0.1) is 5.10 Å². The van der Waals surface area contributed by atoms with Crippen LogP contribution < -0.4 is 21.3 Å². The SMILES string of the molecule is CC[C@H](C)[C@@H]1NC(=O)c2ccccc2-n2cc(nn2)CNC(=O)[C@H](CCCCNC(=O)OCc2ccccc2)NC1=O. The Morgan fingerprint density at radius 3 is 2.60 bits per heavy atom. The van der Waals surface area contributed by atoms with Crippen LogP contribution in [0.5, 0.6) is 0 Å². The van der Waals surface area contributed by atoms with Crippen LogP contribution in [0.4, 0.5) is 4.79 Å². The fourth-order valence-electron chi connectivity index (χ4n) is 4.55. The molecule has 12 heteroatoms. The average Bonchev–Trinajstić information content (AvgIpc) is 3.49. The molecular weight excluding hydrogens is 538 g/mol. The van der Waals surface area contributed by atoms with E-state index in [1.165, 1.54) is 4.68 Å². The summed E-state index contributed by atoms with van der Waals surface area (Å²) < 4.78 is 6.70. The fourth-order valence-corrected chi connectivity index (χ4v) is 4.55. The van der Waals surface area contributed by atoms with Crippen molar-refractivity contribution in [2.24, 2.45) is 5.92 Å². The Hall–Kier alpha value is -4.74. The third kappa shape index (κ3) is 8.15. The van der Waals surface area contributed by atoms with Gasteiger partial charge in [-0.3, -0.25) is 14.4 Å². The number of nitrogens with one attached hydrogen (secondary N) is 4. The molecule has 0 saturated heterocycles. The Labute approximate surface area is 244 Å². The van der Waals surface area contributed by atoms with Gasteiger partial charge in [0, 0.05) is 6.54 Å². The van der Waals surface area contributed by atoms with Gasteiger partial charge in [-0.25, -0.2) is 9.48 Å². The van der Waals surface area contributed by atoms with Crippen molar-refractivity contribution in [3.63, 3.8) is 0 Å². The fraction of sp³-hybridized carbons (Fsp3) is 0.400. The second-order valence-corrected chi connectivity index (χ2v) is 10.3. The maximum atomic E-state index is 13.5. The van der Waals surface area contributed by atoms with Crippen molar-refractivity contribution in [1.82, 2.24) is 36.3 Å². The minimum atomic E-state index is -0.860. The topological polar surface area (TPSA) is 156 Å². The number of hydrogen-bond acceptors (Lipinski definition) is 7. The number of para-hydroxylation sites is 1. The highest BCUT2D eigenvalue weighted by atomic mass is 16.5. The molecule has 222 valence electrons. The maximum Gasteiger partial charge on any atom is 0.407 e. The van der Waals surface area contributed by atoms with Gasteiger partial charge in [0.2, 0.25) is 11.8 Å². The molecule has 12 nitrogen and oxygen atoms in total. The number of nitrogens with zero attached hydrogens (tertiary/aromatic N) is 3. The normalized spacial score (nSPS) is 18.0. The van der Waals surface area contributed by atoms with Gasteiger partial charge in [0.05, 0.1) is 24.0 Å². The van der Waals surface area contributed by atoms with E-state index >= 15 is 0 Å². The molecule has 0 spiro atoms. The molecular formula is C30H37N7O5. The first kappa shape index (κ1) is 30.2. The maximum absolute atomic E-state index is 13.5. The van der Waals surface area contributed by atoms with Crippen LogP contribution >= 0.6 is 0 Å². The predicted molar refractivity (Wildman–Crippen MR) is 154 cm³/mol. The number of amides is 4. The number of alkyl carbamates (subject to hydrolysis) is 1. The number of unbranched alkanes of at least 4 members (excludes halogenated alkanes) is 1. The van der Waals surface area contributed by atoms with Crippen molar-refractivity contribution < 1.29 is 23.9 Å². The van der Waals surface area contributed by atoms with Crippen LogP contribution in [0.2, 0.25) is 0 Å². The van der Waals surface area contributed by atoms with Crippen molar-refractivity contribution >= 4 is 23.8 Å². The molecule has 42 heavy (non-hydrogen) atoms. The summed E-state index contributed by atoms with van der Waals surface area (Å²) in [6, 6.07) is 14.6. The van der Waals surface area contributed by atoms with Crippen molar-refractivity contribution in [3.8, 4) is 5.69 Å². The Bertz CT molecular complexity index is 1380. The summed E-state index contributed by atoms with van der Waals surface area (Å²) in [4.78, 5) is 52.0. The van der Waals surface area contributed by atoms with E-state index in [1.54, 1.807) is 30.5 Å². The molecule has 4 N–H and O–H groups in total. The van der Waals surface area contributed by atoms with Gasteiger partial charge < -0.3 is 26.0 Å². The Balaban J connectivity index is 1.40. The lowest BCUT2D eigenvalue weighted by Gasteiger charge is -2.27. The standard InChI is InChI=1S/C30H37N7O5/c1-3-20(2)26-29(40)33-24(14-9-10-16-31-30(41)42-19-21-11-5-4-6-12-21)28(39)32-17-22-18-37(36-35-22)25-15-8-7-13-23(25)27(38)34-26/h4-8,11-13,15,18,20,24,26H,3,9-10,14,16-17,19H2,1-2H3,(H,31,41)(H,32,39)(H,33,40)(H,34,38)/t20-,24-,26-/m0/s1. The highest BCUT2D eigenvalue weighted by molar-refractivity contribution is 6.01. The van der Waals surface area contributed by atoms with Crippen LogP contribution in [-0.4, -0.2) is 57.4 Å². The highest BCUT2D eigenvalue weighted by Crippen LogP contribution is 2.17. The van der Waals surface area contributed by atoms with E-state index in [-0.39, 0.29) is 25.0 Å². The summed E-state index contributed by atoms with van der Waals surface area (Å²) >= 11 is 0. The Kier molecular flexibility index (Phi) is 10.6. The van der Waals surface area contributed by atoms with E-state index in [0.717, 1.165) is 5.56 Å². The summed E-state index contributed by atoms with van der Waals surface area (Å²) in [5, 5.41) is 19.5. The second kappa shape index (κ2) is 14.8. The average molecular weight is 576 g/mol. The quantitative estimate of drug-likeness (QED) is 0.286. The van der Waals surface area contributed by atoms with Crippen LogP contribution in [0, 0.1) is 5.92 Å². The van der Waals surface area contributed by atoms with Crippen molar-refractivity contribution in [3.05, 3.63) is 77.6 Å². The highest BCUT2D eigenvalue weighted by Gasteiger charge is 2.31. The number of aromatic nitrogens is 3. The molecule has 0 radical (unpaired) electrons. The van der Waals surface area contributed by atoms with Crippen LogP contribution in [0.15, 0.2) is 60.8 Å². The van der Waals surface area contributed by atoms with Crippen LogP contribution in [0.25, 0.3) is 5.69 Å². The van der Waals surface area contributed by atoms with E-state index in [0.29, 0.717) is 49.2 Å². The van der Waals surface area contributed by atoms with Crippen molar-refractivity contribution in [2.75, 3.05) is 6.54 Å². The van der Waals surface area contributed by atoms with E-state index in [1.807, 2.05) is 44.2 Å². The van der Waals surface area contributed by atoms with Gasteiger partial charge in [0.1, 0.15) is 24.4 Å². The second-order valence-electron chi connectivity index (χ2n) is 10.3. The summed E-state index contributed by atoms with van der Waals surface area (Å²) in [7, 11) is 0. The molecule has 3 aromatic rings. The molecule has 4 rings (SSSR count). The molecule has 0 unspecified atom stereocenters. The summed E-state index contributed by atoms with van der Waals surface area (Å²) in [6.45, 7) is 4.44. The van der Waals surface area contributed by atoms with Crippen LogP contribution in [-0.2, 0) is 27.5 Å². The van der Waals surface area contributed by atoms with Crippen molar-refractivity contribution in [1.29, 1.82) is 0 Å². The summed E-state index contributed by atoms with van der Waals surface area (Å²) in [5.41, 5.74) is 2.25. The zero-order valence-corrected chi connectivity index (χ0v) is 23.8. The summed E-state index contributed by atoms with van der Waals surface area (Å²) in [6.07, 6.45) is 3.20. The van der Waals surface area contributed by atoms with Gasteiger partial charge in [-0.05, 0) is 42.9 Å². The molecule has 1 aliphatic heterocycles. The number of carbonyl (C=O) groups excluding carboxylic acids is 4. The third-order valence-electron chi connectivity index (χ3n) is 7.20. The molecule has 4 amide bonds. The molecule has 2 aromatic carbocycles. The largest absolute Gasteiger partial charge is 0.445 e. The zero-order chi connectivity index (χ0) is 29.9. The molecule has 0 saturated carbocycles. The predicted octanol–water partition coefficient (Wildman–Crippen LogP) is 2.62. The Morgan fingerprint density at radius 1 is 1.05 bits per heavy atom. The van der Waals surface area contributed by atoms with Gasteiger partial charge in [0.15, 0.2) is 0 Å². The lowest BCUT2D eigenvalue weighted by atomic mass is 9.96. The lowest BCUT2D eigenvalue weighted by molar-refractivity contribution is -0.130. The molecule has 1 aromatic heterocycles. The molecule has 0 aliphatic carbocycles. The third-order valence-corrected chi connectivity index (χ3v) is 7.20. The number of benzene rings is 2. The van der Waals surface area contributed by atoms with E-state index in [2.05, 4.69) is 31.6 Å². The first-order valence-electron chi connectivity index (χ1n) is 14.2. The Morgan fingerprint density at radius 2 is 1.81 bits per heavy atom. The first-order valence-corrected chi connectivity index (χ1v) is 14.2. The minimum absolute atomic E-state index is 0.100. The van der Waals surface area contributed by atoms with E-state index in [9.17, 15) is 19.2 Å². The molecule has 2 heterocycles. The minimum Gasteiger partial charge on any atom is -0.445 e. The molecule has 2 bridgehead atoms. The number of fused-ring (bicyclic) bond motifs is 4. The van der Waals surface area contributed by atoms with Crippen molar-refractivity contribution in [2.45, 2.75) is 64.8 Å². The van der Waals surface area contributed by atoms with E-state index in [4.69, 9.17) is 4.74 Å². The number of carbonyl (C=O) groups is 4. The van der Waals surface area contributed by atoms with Crippen LogP contribution in [0.1, 0.15) is 61.1 Å². The van der Waals surface area contributed by atoms with Gasteiger partial charge in [0.25, 0.3) is 5.91 Å². The molecule has 0 fully saturated rings. The van der Waals surface area contributed by atoms with E-state index < -0.39 is 30.0 Å². The van der Waals surface area contributed by atoms with Crippen LogP contribution in [0.3, 0.4) is 0 Å². The zero-order valence-electron chi connectivity index (χ0n) is 23.8. The van der Waals surface area contributed by atoms with Gasteiger partial charge in [-0.1, -0.05) is 67.9 Å². The monoisotopic (exact) mass is 575 g/mol. The number of ether oxygens (including phenoxy) is 1. The lowest BCUT2D eigenvalue weighted by Crippen LogP contribution is -2.55. The summed E-state index contributed by atoms with van der Waals surface area (Å²) in [5.74, 6) is -1.43. The number of hydrogen-bond donors (Lipinski definition) is 4. The number of rotatable bonds is 9. The molecule has 3 atom stereocenters.